The van der Waals surface area contributed by atoms with E-state index in [1.165, 1.54) is 18.4 Å². The molecular weight excluding hydrogens is 481 g/mol. The van der Waals surface area contributed by atoms with E-state index in [1.807, 2.05) is 0 Å². The van der Waals surface area contributed by atoms with Crippen LogP contribution in [0.1, 0.15) is 38.2 Å². The summed E-state index contributed by atoms with van der Waals surface area (Å²) in [6.07, 6.45) is 6.49. The SMILES string of the molecule is CCNC(=NCCCc1cccc(Br)c1)NC1CC2CCC1O2.I. The molecule has 2 fully saturated rings. The Kier molecular flexibility index (Phi) is 8.30. The molecule has 3 rings (SSSR count). The molecule has 2 aliphatic heterocycles. The van der Waals surface area contributed by atoms with Crippen LogP contribution in [0.4, 0.5) is 0 Å². The molecule has 1 aromatic carbocycles. The largest absolute Gasteiger partial charge is 0.373 e. The number of hydrogen-bond acceptors (Lipinski definition) is 2. The Morgan fingerprint density at radius 3 is 2.92 bits per heavy atom. The van der Waals surface area contributed by atoms with Crippen LogP contribution in [0.25, 0.3) is 0 Å². The monoisotopic (exact) mass is 507 g/mol. The van der Waals surface area contributed by atoms with Crippen molar-refractivity contribution in [2.24, 2.45) is 4.99 Å². The van der Waals surface area contributed by atoms with Crippen molar-refractivity contribution in [3.8, 4) is 0 Å². The van der Waals surface area contributed by atoms with E-state index in [4.69, 9.17) is 9.73 Å². The number of nitrogens with zero attached hydrogens (tertiary/aromatic N) is 1. The van der Waals surface area contributed by atoms with Gasteiger partial charge in [-0.05, 0) is 56.7 Å². The van der Waals surface area contributed by atoms with E-state index in [0.29, 0.717) is 18.2 Å². The number of ether oxygens (including phenoxy) is 1. The molecule has 2 saturated heterocycles. The lowest BCUT2D eigenvalue weighted by molar-refractivity contribution is 0.0992. The topological polar surface area (TPSA) is 45.7 Å². The summed E-state index contributed by atoms with van der Waals surface area (Å²) in [5.41, 5.74) is 1.36. The van der Waals surface area contributed by atoms with Crippen molar-refractivity contribution in [1.82, 2.24) is 10.6 Å². The lowest BCUT2D eigenvalue weighted by Gasteiger charge is -2.22. The molecule has 134 valence electrons. The van der Waals surface area contributed by atoms with Gasteiger partial charge >= 0.3 is 0 Å². The highest BCUT2D eigenvalue weighted by molar-refractivity contribution is 14.0. The maximum atomic E-state index is 5.91. The third-order valence-electron chi connectivity index (χ3n) is 4.55. The first-order chi connectivity index (χ1) is 11.2. The molecule has 2 aliphatic rings. The minimum Gasteiger partial charge on any atom is -0.373 e. The number of rotatable bonds is 6. The third kappa shape index (κ3) is 5.59. The van der Waals surface area contributed by atoms with Crippen molar-refractivity contribution in [2.45, 2.75) is 57.3 Å². The van der Waals surface area contributed by atoms with E-state index in [0.717, 1.165) is 42.8 Å². The average molecular weight is 508 g/mol. The number of nitrogens with one attached hydrogen (secondary N) is 2. The van der Waals surface area contributed by atoms with Crippen LogP contribution in [-0.4, -0.2) is 37.3 Å². The highest BCUT2D eigenvalue weighted by atomic mass is 127. The summed E-state index contributed by atoms with van der Waals surface area (Å²) in [6.45, 7) is 3.83. The highest BCUT2D eigenvalue weighted by Crippen LogP contribution is 2.34. The summed E-state index contributed by atoms with van der Waals surface area (Å²) in [5.74, 6) is 0.933. The first-order valence-electron chi connectivity index (χ1n) is 8.69. The number of hydrogen-bond donors (Lipinski definition) is 2. The number of halogens is 2. The van der Waals surface area contributed by atoms with Gasteiger partial charge in [0.05, 0.1) is 18.2 Å². The van der Waals surface area contributed by atoms with E-state index in [-0.39, 0.29) is 24.0 Å². The Morgan fingerprint density at radius 2 is 2.25 bits per heavy atom. The molecule has 3 unspecified atom stereocenters. The normalized spacial score (nSPS) is 25.4. The fourth-order valence-corrected chi connectivity index (χ4v) is 3.90. The van der Waals surface area contributed by atoms with Crippen LogP contribution < -0.4 is 10.6 Å². The van der Waals surface area contributed by atoms with E-state index in [2.05, 4.69) is 57.8 Å². The predicted octanol–water partition coefficient (Wildman–Crippen LogP) is 3.87. The zero-order valence-corrected chi connectivity index (χ0v) is 18.0. The van der Waals surface area contributed by atoms with Gasteiger partial charge < -0.3 is 15.4 Å². The van der Waals surface area contributed by atoms with E-state index >= 15 is 0 Å². The molecule has 0 aliphatic carbocycles. The molecule has 0 saturated carbocycles. The molecule has 0 aromatic heterocycles. The highest BCUT2D eigenvalue weighted by Gasteiger charge is 2.41. The number of benzene rings is 1. The van der Waals surface area contributed by atoms with Crippen molar-refractivity contribution in [1.29, 1.82) is 0 Å². The summed E-state index contributed by atoms with van der Waals surface area (Å²) in [4.78, 5) is 4.73. The number of guanidine groups is 1. The van der Waals surface area contributed by atoms with E-state index in [9.17, 15) is 0 Å². The van der Waals surface area contributed by atoms with Crippen LogP contribution >= 0.6 is 39.9 Å². The second-order valence-corrected chi connectivity index (χ2v) is 7.27. The molecule has 6 heteroatoms. The molecule has 1 aromatic rings. The van der Waals surface area contributed by atoms with Crippen molar-refractivity contribution in [3.05, 3.63) is 34.3 Å². The van der Waals surface area contributed by atoms with Crippen LogP contribution in [0, 0.1) is 0 Å². The van der Waals surface area contributed by atoms with Crippen LogP contribution in [0.3, 0.4) is 0 Å². The van der Waals surface area contributed by atoms with Gasteiger partial charge in [-0.1, -0.05) is 28.1 Å². The van der Waals surface area contributed by atoms with Crippen molar-refractivity contribution in [3.63, 3.8) is 0 Å². The van der Waals surface area contributed by atoms with Gasteiger partial charge in [0.25, 0.3) is 0 Å². The zero-order chi connectivity index (χ0) is 16.1. The summed E-state index contributed by atoms with van der Waals surface area (Å²) in [6, 6.07) is 8.93. The molecule has 2 heterocycles. The van der Waals surface area contributed by atoms with E-state index < -0.39 is 0 Å². The first kappa shape index (κ1) is 20.0. The minimum atomic E-state index is 0. The van der Waals surface area contributed by atoms with Gasteiger partial charge in [0, 0.05) is 17.6 Å². The molecule has 0 radical (unpaired) electrons. The van der Waals surface area contributed by atoms with Crippen molar-refractivity contribution >= 4 is 45.9 Å². The lowest BCUT2D eigenvalue weighted by Crippen LogP contribution is -2.47. The second kappa shape index (κ2) is 9.97. The van der Waals surface area contributed by atoms with Crippen LogP contribution in [-0.2, 0) is 11.2 Å². The third-order valence-corrected chi connectivity index (χ3v) is 5.05. The minimum absolute atomic E-state index is 0. The molecule has 2 bridgehead atoms. The molecule has 3 atom stereocenters. The Morgan fingerprint density at radius 1 is 1.38 bits per heavy atom. The van der Waals surface area contributed by atoms with Crippen LogP contribution in [0.5, 0.6) is 0 Å². The maximum Gasteiger partial charge on any atom is 0.191 e. The Bertz CT molecular complexity index is 555. The fourth-order valence-electron chi connectivity index (χ4n) is 3.45. The summed E-state index contributed by atoms with van der Waals surface area (Å²) < 4.78 is 7.05. The van der Waals surface area contributed by atoms with Crippen molar-refractivity contribution < 1.29 is 4.74 Å². The molecule has 24 heavy (non-hydrogen) atoms. The quantitative estimate of drug-likeness (QED) is 0.266. The van der Waals surface area contributed by atoms with Gasteiger partial charge in [0.15, 0.2) is 5.96 Å². The molecule has 0 spiro atoms. The Labute approximate surface area is 170 Å². The van der Waals surface area contributed by atoms with Gasteiger partial charge in [-0.15, -0.1) is 24.0 Å². The average Bonchev–Trinajstić information content (AvgIpc) is 3.14. The Balaban J connectivity index is 0.00000208. The fraction of sp³-hybridized carbons (Fsp3) is 0.611. The number of aliphatic imine (C=N–C) groups is 1. The summed E-state index contributed by atoms with van der Waals surface area (Å²) in [7, 11) is 0. The van der Waals surface area contributed by atoms with E-state index in [1.54, 1.807) is 0 Å². The molecule has 4 nitrogen and oxygen atoms in total. The van der Waals surface area contributed by atoms with Crippen LogP contribution in [0.15, 0.2) is 33.7 Å². The predicted molar refractivity (Wildman–Crippen MR) is 113 cm³/mol. The van der Waals surface area contributed by atoms with Crippen LogP contribution in [0.2, 0.25) is 0 Å². The smallest absolute Gasteiger partial charge is 0.191 e. The maximum absolute atomic E-state index is 5.91. The standard InChI is InChI=1S/C18H26BrN3O.HI/c1-2-20-18(22-16-12-15-8-9-17(16)23-15)21-10-4-6-13-5-3-7-14(19)11-13;/h3,5,7,11,15-17H,2,4,6,8-10,12H2,1H3,(H2,20,21,22);1H. The summed E-state index contributed by atoms with van der Waals surface area (Å²) >= 11 is 3.52. The zero-order valence-electron chi connectivity index (χ0n) is 14.1. The summed E-state index contributed by atoms with van der Waals surface area (Å²) in [5, 5.41) is 6.92. The number of fused-ring (bicyclic) bond motifs is 2. The van der Waals surface area contributed by atoms with Gasteiger partial charge in [0.2, 0.25) is 0 Å². The Hall–Kier alpha value is -0.340. The van der Waals surface area contributed by atoms with Gasteiger partial charge in [-0.3, -0.25) is 4.99 Å². The van der Waals surface area contributed by atoms with Gasteiger partial charge in [-0.25, -0.2) is 0 Å². The molecular formula is C18H27BrIN3O. The number of aryl methyl sites for hydroxylation is 1. The first-order valence-corrected chi connectivity index (χ1v) is 9.48. The van der Waals surface area contributed by atoms with Crippen molar-refractivity contribution in [2.75, 3.05) is 13.1 Å². The van der Waals surface area contributed by atoms with Gasteiger partial charge in [0.1, 0.15) is 0 Å². The molecule has 0 amide bonds. The molecule has 2 N–H and O–H groups in total. The second-order valence-electron chi connectivity index (χ2n) is 6.35. The van der Waals surface area contributed by atoms with Gasteiger partial charge in [-0.2, -0.15) is 0 Å². The lowest BCUT2D eigenvalue weighted by atomic mass is 9.96.